The molecule has 1 unspecified atom stereocenters. The molecule has 0 aliphatic carbocycles. The van der Waals surface area contributed by atoms with E-state index in [9.17, 15) is 4.79 Å². The molecule has 3 atom stereocenters. The molecule has 1 aliphatic rings. The van der Waals surface area contributed by atoms with E-state index in [1.165, 1.54) is 33.4 Å². The molecule has 0 bridgehead atoms. The normalized spacial score (nSPS) is 20.7. The molecular formula is C23H28N3O+. The van der Waals surface area contributed by atoms with Crippen LogP contribution in [0.25, 0.3) is 10.8 Å². The topological polar surface area (TPSA) is 38.5 Å². The van der Waals surface area contributed by atoms with E-state index >= 15 is 0 Å². The summed E-state index contributed by atoms with van der Waals surface area (Å²) in [5.41, 5.74) is 2.51. The molecule has 2 heterocycles. The van der Waals surface area contributed by atoms with E-state index in [-0.39, 0.29) is 11.9 Å². The number of hydrogen-bond donors (Lipinski definition) is 2. The molecule has 4 nitrogen and oxygen atoms in total. The molecule has 1 amide bonds. The molecule has 1 fully saturated rings. The Kier molecular flexibility index (Phi) is 4.99. The molecule has 140 valence electrons. The zero-order valence-corrected chi connectivity index (χ0v) is 16.1. The Morgan fingerprint density at radius 3 is 2.81 bits per heavy atom. The van der Waals surface area contributed by atoms with Crippen molar-refractivity contribution in [1.29, 1.82) is 0 Å². The quantitative estimate of drug-likeness (QED) is 0.720. The highest BCUT2D eigenvalue weighted by atomic mass is 16.2. The van der Waals surface area contributed by atoms with E-state index in [4.69, 9.17) is 0 Å². The van der Waals surface area contributed by atoms with Crippen molar-refractivity contribution in [3.8, 4) is 0 Å². The molecule has 1 aromatic heterocycles. The second-order valence-corrected chi connectivity index (χ2v) is 7.68. The van der Waals surface area contributed by atoms with Crippen LogP contribution in [0.1, 0.15) is 43.1 Å². The van der Waals surface area contributed by atoms with Gasteiger partial charge in [-0.25, -0.2) is 0 Å². The summed E-state index contributed by atoms with van der Waals surface area (Å²) in [5, 5.41) is 5.65. The van der Waals surface area contributed by atoms with Gasteiger partial charge in [0.15, 0.2) is 6.54 Å². The molecule has 0 radical (unpaired) electrons. The van der Waals surface area contributed by atoms with Crippen LogP contribution >= 0.6 is 0 Å². The summed E-state index contributed by atoms with van der Waals surface area (Å²) in [6.45, 7) is 3.67. The number of aromatic nitrogens is 1. The van der Waals surface area contributed by atoms with Crippen molar-refractivity contribution in [3.63, 3.8) is 0 Å². The van der Waals surface area contributed by atoms with Gasteiger partial charge in [0.05, 0.1) is 18.3 Å². The number of fused-ring (bicyclic) bond motifs is 1. The van der Waals surface area contributed by atoms with E-state index < -0.39 is 0 Å². The fraction of sp³-hybridized carbons (Fsp3) is 0.348. The second-order valence-electron chi connectivity index (χ2n) is 7.68. The van der Waals surface area contributed by atoms with Gasteiger partial charge in [-0.3, -0.25) is 4.79 Å². The Balaban J connectivity index is 1.45. The fourth-order valence-electron chi connectivity index (χ4n) is 4.52. The van der Waals surface area contributed by atoms with Crippen LogP contribution in [-0.2, 0) is 11.8 Å². The van der Waals surface area contributed by atoms with Crippen LogP contribution in [0, 0.1) is 0 Å². The van der Waals surface area contributed by atoms with Gasteiger partial charge in [0.25, 0.3) is 5.91 Å². The molecule has 27 heavy (non-hydrogen) atoms. The number of amides is 1. The van der Waals surface area contributed by atoms with Gasteiger partial charge >= 0.3 is 0 Å². The number of rotatable bonds is 5. The Morgan fingerprint density at radius 2 is 2.00 bits per heavy atom. The minimum Gasteiger partial charge on any atom is -0.350 e. The number of aryl methyl sites for hydroxylation is 1. The smallest absolute Gasteiger partial charge is 0.275 e. The number of carbonyl (C=O) groups excluding carboxylic acids is 1. The third-order valence-electron chi connectivity index (χ3n) is 5.88. The molecule has 4 rings (SSSR count). The van der Waals surface area contributed by atoms with Gasteiger partial charge in [0.1, 0.15) is 6.04 Å². The minimum atomic E-state index is -0.000843. The van der Waals surface area contributed by atoms with Crippen LogP contribution in [0.2, 0.25) is 0 Å². The number of nitrogens with one attached hydrogen (secondary N) is 2. The zero-order valence-electron chi connectivity index (χ0n) is 16.1. The van der Waals surface area contributed by atoms with Crippen molar-refractivity contribution in [2.75, 3.05) is 13.1 Å². The van der Waals surface area contributed by atoms with Crippen LogP contribution in [0.5, 0.6) is 0 Å². The maximum Gasteiger partial charge on any atom is 0.275 e. The first-order valence-electron chi connectivity index (χ1n) is 9.86. The van der Waals surface area contributed by atoms with Gasteiger partial charge in [0.2, 0.25) is 0 Å². The monoisotopic (exact) mass is 362 g/mol. The summed E-state index contributed by atoms with van der Waals surface area (Å²) in [6, 6.07) is 19.3. The van der Waals surface area contributed by atoms with Gasteiger partial charge in [-0.2, -0.15) is 0 Å². The molecule has 0 saturated carbocycles. The van der Waals surface area contributed by atoms with E-state index in [0.717, 1.165) is 13.0 Å². The van der Waals surface area contributed by atoms with Gasteiger partial charge in [-0.15, -0.1) is 0 Å². The Labute approximate surface area is 160 Å². The molecule has 0 spiro atoms. The summed E-state index contributed by atoms with van der Waals surface area (Å²) in [5.74, 6) is 0.131. The number of nitrogens with zero attached hydrogens (tertiary/aromatic N) is 1. The highest BCUT2D eigenvalue weighted by Crippen LogP contribution is 2.24. The third kappa shape index (κ3) is 3.62. The lowest BCUT2D eigenvalue weighted by Gasteiger charge is -2.23. The maximum atomic E-state index is 12.8. The Morgan fingerprint density at radius 1 is 1.19 bits per heavy atom. The Hall–Kier alpha value is -2.59. The van der Waals surface area contributed by atoms with E-state index in [1.807, 2.05) is 0 Å². The zero-order chi connectivity index (χ0) is 18.8. The number of carbonyl (C=O) groups is 1. The summed E-state index contributed by atoms with van der Waals surface area (Å²) in [7, 11) is 2.09. The third-order valence-corrected chi connectivity index (χ3v) is 5.88. The van der Waals surface area contributed by atoms with Crippen molar-refractivity contribution in [3.05, 3.63) is 72.1 Å². The van der Waals surface area contributed by atoms with Crippen molar-refractivity contribution in [1.82, 2.24) is 9.88 Å². The van der Waals surface area contributed by atoms with Crippen LogP contribution < -0.4 is 10.2 Å². The predicted molar refractivity (Wildman–Crippen MR) is 109 cm³/mol. The predicted octanol–water partition coefficient (Wildman–Crippen LogP) is 2.78. The lowest BCUT2D eigenvalue weighted by atomic mass is 10.00. The van der Waals surface area contributed by atoms with Crippen molar-refractivity contribution in [2.45, 2.75) is 31.8 Å². The highest BCUT2D eigenvalue weighted by Gasteiger charge is 2.33. The molecule has 2 aromatic carbocycles. The Bertz CT molecular complexity index is 940. The second kappa shape index (κ2) is 7.57. The van der Waals surface area contributed by atoms with Gasteiger partial charge in [-0.1, -0.05) is 42.5 Å². The lowest BCUT2D eigenvalue weighted by molar-refractivity contribution is -0.911. The average molecular weight is 362 g/mol. The summed E-state index contributed by atoms with van der Waals surface area (Å²) >= 11 is 0. The van der Waals surface area contributed by atoms with Gasteiger partial charge < -0.3 is 14.8 Å². The largest absolute Gasteiger partial charge is 0.350 e. The number of hydrogen-bond acceptors (Lipinski definition) is 1. The highest BCUT2D eigenvalue weighted by molar-refractivity contribution is 5.87. The van der Waals surface area contributed by atoms with Crippen LogP contribution in [0.4, 0.5) is 0 Å². The number of likely N-dealkylation sites (tertiary alicyclic amines) is 1. The first-order valence-corrected chi connectivity index (χ1v) is 9.86. The van der Waals surface area contributed by atoms with Crippen LogP contribution in [-0.4, -0.2) is 23.6 Å². The van der Waals surface area contributed by atoms with Gasteiger partial charge in [-0.05, 0) is 35.4 Å². The van der Waals surface area contributed by atoms with E-state index in [0.29, 0.717) is 12.6 Å². The van der Waals surface area contributed by atoms with Crippen molar-refractivity contribution in [2.24, 2.45) is 7.05 Å². The molecule has 1 aliphatic heterocycles. The first-order chi connectivity index (χ1) is 13.1. The summed E-state index contributed by atoms with van der Waals surface area (Å²) < 4.78 is 2.19. The number of benzene rings is 2. The summed E-state index contributed by atoms with van der Waals surface area (Å²) in [4.78, 5) is 14.2. The van der Waals surface area contributed by atoms with E-state index in [1.54, 1.807) is 0 Å². The molecule has 3 aromatic rings. The molecule has 2 N–H and O–H groups in total. The summed E-state index contributed by atoms with van der Waals surface area (Å²) in [6.07, 6.45) is 4.42. The van der Waals surface area contributed by atoms with Crippen LogP contribution in [0.15, 0.2) is 60.8 Å². The first kappa shape index (κ1) is 17.8. The minimum absolute atomic E-state index is 0.000843. The van der Waals surface area contributed by atoms with Crippen molar-refractivity contribution >= 4 is 16.7 Å². The standard InChI is InChI=1S/C23H27N3O/c1-17(19-11-5-9-18-8-3-4-10-20(18)19)24-23(27)16-26-15-7-13-22(26)21-12-6-14-25(21)2/h3-6,8-12,14,17,22H,7,13,15-16H2,1-2H3,(H,24,27)/p+1/t17-,22+/m0/s1. The molecule has 1 saturated heterocycles. The number of quaternary nitrogens is 1. The SMILES string of the molecule is C[C@H](NC(=O)C[NH+]1CCC[C@@H]1c1cccn1C)c1cccc2ccccc12. The lowest BCUT2D eigenvalue weighted by Crippen LogP contribution is -3.11. The van der Waals surface area contributed by atoms with Gasteiger partial charge in [0, 0.05) is 26.1 Å². The van der Waals surface area contributed by atoms with Crippen LogP contribution in [0.3, 0.4) is 0 Å². The maximum absolute atomic E-state index is 12.8. The van der Waals surface area contributed by atoms with Crippen molar-refractivity contribution < 1.29 is 9.69 Å². The molecule has 4 heteroatoms. The fourth-order valence-corrected chi connectivity index (χ4v) is 4.52. The average Bonchev–Trinajstić information content (AvgIpc) is 3.29. The van der Waals surface area contributed by atoms with E-state index in [2.05, 4.69) is 84.6 Å². The molecular weight excluding hydrogens is 334 g/mol.